The zero-order valence-corrected chi connectivity index (χ0v) is 10.3. The number of ether oxygens (including phenoxy) is 1. The SMILES string of the molecule is C=CCOC#CCC1=CC[C@H]2C[C@@H]1C2(C)C. The molecule has 3 aliphatic rings. The van der Waals surface area contributed by atoms with Crippen molar-refractivity contribution < 1.29 is 4.74 Å². The minimum absolute atomic E-state index is 0.508. The average molecular weight is 216 g/mol. The Hall–Kier alpha value is -1.16. The zero-order valence-electron chi connectivity index (χ0n) is 10.3. The molecule has 0 unspecified atom stereocenters. The predicted molar refractivity (Wildman–Crippen MR) is 66.6 cm³/mol. The summed E-state index contributed by atoms with van der Waals surface area (Å²) < 4.78 is 5.07. The maximum Gasteiger partial charge on any atom is 0.118 e. The Kier molecular flexibility index (Phi) is 3.10. The Morgan fingerprint density at radius 1 is 1.62 bits per heavy atom. The van der Waals surface area contributed by atoms with Gasteiger partial charge in [-0.2, -0.15) is 0 Å². The van der Waals surface area contributed by atoms with Gasteiger partial charge in [0.05, 0.1) is 0 Å². The summed E-state index contributed by atoms with van der Waals surface area (Å²) in [5.74, 6) is 4.77. The first-order chi connectivity index (χ1) is 7.66. The summed E-state index contributed by atoms with van der Waals surface area (Å²) >= 11 is 0. The van der Waals surface area contributed by atoms with E-state index in [1.807, 2.05) is 0 Å². The zero-order chi connectivity index (χ0) is 11.6. The van der Waals surface area contributed by atoms with Gasteiger partial charge in [0.1, 0.15) is 12.7 Å². The lowest BCUT2D eigenvalue weighted by Gasteiger charge is -2.56. The molecule has 1 nitrogen and oxygen atoms in total. The second kappa shape index (κ2) is 4.37. The molecule has 0 heterocycles. The van der Waals surface area contributed by atoms with Crippen LogP contribution in [0.4, 0.5) is 0 Å². The second-order valence-electron chi connectivity index (χ2n) is 5.38. The minimum Gasteiger partial charge on any atom is -0.442 e. The van der Waals surface area contributed by atoms with Crippen molar-refractivity contribution in [2.24, 2.45) is 17.3 Å². The van der Waals surface area contributed by atoms with Crippen molar-refractivity contribution in [1.82, 2.24) is 0 Å². The topological polar surface area (TPSA) is 9.23 Å². The van der Waals surface area contributed by atoms with Gasteiger partial charge in [-0.3, -0.25) is 0 Å². The molecule has 0 aromatic rings. The summed E-state index contributed by atoms with van der Waals surface area (Å²) in [5, 5.41) is 0. The molecule has 1 saturated carbocycles. The maximum absolute atomic E-state index is 5.07. The molecule has 1 heteroatoms. The van der Waals surface area contributed by atoms with E-state index < -0.39 is 0 Å². The van der Waals surface area contributed by atoms with E-state index in [0.29, 0.717) is 12.0 Å². The van der Waals surface area contributed by atoms with Crippen LogP contribution in [-0.2, 0) is 4.74 Å². The van der Waals surface area contributed by atoms with Crippen LogP contribution in [0.1, 0.15) is 33.1 Å². The van der Waals surface area contributed by atoms with E-state index in [9.17, 15) is 0 Å². The van der Waals surface area contributed by atoms with Crippen LogP contribution in [0, 0.1) is 29.3 Å². The van der Waals surface area contributed by atoms with Gasteiger partial charge in [0.25, 0.3) is 0 Å². The van der Waals surface area contributed by atoms with Crippen LogP contribution >= 0.6 is 0 Å². The van der Waals surface area contributed by atoms with Gasteiger partial charge in [-0.25, -0.2) is 0 Å². The van der Waals surface area contributed by atoms with Gasteiger partial charge in [0.15, 0.2) is 0 Å². The molecule has 1 fully saturated rings. The molecule has 0 spiro atoms. The van der Waals surface area contributed by atoms with Crippen LogP contribution in [0.2, 0.25) is 0 Å². The van der Waals surface area contributed by atoms with E-state index >= 15 is 0 Å². The van der Waals surface area contributed by atoms with Crippen LogP contribution < -0.4 is 0 Å². The lowest BCUT2D eigenvalue weighted by molar-refractivity contribution is -0.00703. The normalized spacial score (nSPS) is 29.2. The van der Waals surface area contributed by atoms with Gasteiger partial charge < -0.3 is 4.74 Å². The summed E-state index contributed by atoms with van der Waals surface area (Å²) in [6.07, 6.45) is 10.3. The second-order valence-corrected chi connectivity index (χ2v) is 5.38. The summed E-state index contributed by atoms with van der Waals surface area (Å²) in [5.41, 5.74) is 2.04. The Morgan fingerprint density at radius 2 is 2.44 bits per heavy atom. The molecular formula is C15H20O. The van der Waals surface area contributed by atoms with Crippen LogP contribution in [0.5, 0.6) is 0 Å². The summed E-state index contributed by atoms with van der Waals surface area (Å²) in [4.78, 5) is 0. The highest BCUT2D eigenvalue weighted by Gasteiger charge is 2.50. The van der Waals surface area contributed by atoms with Gasteiger partial charge >= 0.3 is 0 Å². The summed E-state index contributed by atoms with van der Waals surface area (Å²) in [6, 6.07) is 0. The minimum atomic E-state index is 0.508. The lowest BCUT2D eigenvalue weighted by Crippen LogP contribution is -2.47. The fraction of sp³-hybridized carbons (Fsp3) is 0.600. The highest BCUT2D eigenvalue weighted by atomic mass is 16.5. The number of allylic oxidation sites excluding steroid dienone is 2. The molecule has 3 aliphatic carbocycles. The molecule has 0 saturated heterocycles. The third-order valence-corrected chi connectivity index (χ3v) is 4.22. The molecule has 86 valence electrons. The Morgan fingerprint density at radius 3 is 3.06 bits per heavy atom. The van der Waals surface area contributed by atoms with Crippen molar-refractivity contribution >= 4 is 0 Å². The first-order valence-electron chi connectivity index (χ1n) is 6.05. The number of rotatable bonds is 3. The quantitative estimate of drug-likeness (QED) is 0.398. The van der Waals surface area contributed by atoms with Crippen molar-refractivity contribution in [3.8, 4) is 12.0 Å². The molecule has 3 rings (SSSR count). The molecule has 0 aromatic heterocycles. The van der Waals surface area contributed by atoms with E-state index in [4.69, 9.17) is 4.74 Å². The highest BCUT2D eigenvalue weighted by Crippen LogP contribution is 2.59. The van der Waals surface area contributed by atoms with Crippen LogP contribution in [0.25, 0.3) is 0 Å². The first-order valence-corrected chi connectivity index (χ1v) is 6.05. The standard InChI is InChI=1S/C15H20O/c1-4-9-16-10-5-6-12-7-8-13-11-14(12)15(13,2)3/h4,7,13-14H,1,6,8-9,11H2,2-3H3/t13-,14-/m0/s1. The fourth-order valence-corrected chi connectivity index (χ4v) is 2.97. The number of fused-ring (bicyclic) bond motifs is 1. The highest BCUT2D eigenvalue weighted by molar-refractivity contribution is 5.26. The van der Waals surface area contributed by atoms with E-state index in [1.165, 1.54) is 18.4 Å². The van der Waals surface area contributed by atoms with E-state index in [2.05, 4.69) is 38.5 Å². The Balaban J connectivity index is 1.88. The largest absolute Gasteiger partial charge is 0.442 e. The van der Waals surface area contributed by atoms with Gasteiger partial charge in [-0.15, -0.1) is 0 Å². The van der Waals surface area contributed by atoms with E-state index in [1.54, 1.807) is 6.08 Å². The molecule has 16 heavy (non-hydrogen) atoms. The van der Waals surface area contributed by atoms with Crippen molar-refractivity contribution in [2.75, 3.05) is 6.61 Å². The van der Waals surface area contributed by atoms with Crippen molar-refractivity contribution in [2.45, 2.75) is 33.1 Å². The number of hydrogen-bond donors (Lipinski definition) is 0. The molecule has 0 amide bonds. The monoisotopic (exact) mass is 216 g/mol. The third-order valence-electron chi connectivity index (χ3n) is 4.22. The van der Waals surface area contributed by atoms with Crippen molar-refractivity contribution in [1.29, 1.82) is 0 Å². The van der Waals surface area contributed by atoms with Crippen molar-refractivity contribution in [3.05, 3.63) is 24.3 Å². The van der Waals surface area contributed by atoms with Gasteiger partial charge in [0.2, 0.25) is 0 Å². The third kappa shape index (κ3) is 1.89. The van der Waals surface area contributed by atoms with E-state index in [0.717, 1.165) is 18.3 Å². The van der Waals surface area contributed by atoms with Gasteiger partial charge in [0, 0.05) is 6.42 Å². The fourth-order valence-electron chi connectivity index (χ4n) is 2.97. The molecular weight excluding hydrogens is 196 g/mol. The smallest absolute Gasteiger partial charge is 0.118 e. The molecule has 0 N–H and O–H groups in total. The lowest BCUT2D eigenvalue weighted by atomic mass is 9.48. The Labute approximate surface area is 98.6 Å². The molecule has 0 radical (unpaired) electrons. The number of hydrogen-bond acceptors (Lipinski definition) is 1. The molecule has 0 aliphatic heterocycles. The van der Waals surface area contributed by atoms with Crippen LogP contribution in [0.3, 0.4) is 0 Å². The average Bonchev–Trinajstić information content (AvgIpc) is 2.29. The van der Waals surface area contributed by atoms with Gasteiger partial charge in [-0.1, -0.05) is 44.1 Å². The molecule has 2 atom stereocenters. The van der Waals surface area contributed by atoms with E-state index in [-0.39, 0.29) is 0 Å². The van der Waals surface area contributed by atoms with Crippen molar-refractivity contribution in [3.63, 3.8) is 0 Å². The predicted octanol–water partition coefficient (Wildman–Crippen LogP) is 3.53. The maximum atomic E-state index is 5.07. The molecule has 0 aromatic carbocycles. The summed E-state index contributed by atoms with van der Waals surface area (Å²) in [6.45, 7) is 8.88. The van der Waals surface area contributed by atoms with Crippen LogP contribution in [0.15, 0.2) is 24.3 Å². The Bertz CT molecular complexity index is 365. The first kappa shape index (κ1) is 11.3. The summed E-state index contributed by atoms with van der Waals surface area (Å²) in [7, 11) is 0. The van der Waals surface area contributed by atoms with Gasteiger partial charge in [-0.05, 0) is 30.1 Å². The molecule has 2 bridgehead atoms. The van der Waals surface area contributed by atoms with Crippen LogP contribution in [-0.4, -0.2) is 6.61 Å².